The van der Waals surface area contributed by atoms with Crippen LogP contribution in [0.1, 0.15) is 37.7 Å². The summed E-state index contributed by atoms with van der Waals surface area (Å²) >= 11 is 0. The van der Waals surface area contributed by atoms with Crippen molar-refractivity contribution in [3.63, 3.8) is 0 Å². The average molecular weight is 289 g/mol. The molecule has 0 amide bonds. The zero-order valence-electron chi connectivity index (χ0n) is 13.1. The molecule has 0 aromatic heterocycles. The van der Waals surface area contributed by atoms with E-state index in [1.54, 1.807) is 12.7 Å². The van der Waals surface area contributed by atoms with E-state index in [0.29, 0.717) is 13.2 Å². The van der Waals surface area contributed by atoms with Crippen molar-refractivity contribution in [3.8, 4) is 5.75 Å². The fourth-order valence-corrected chi connectivity index (χ4v) is 2.56. The Morgan fingerprint density at radius 3 is 2.67 bits per heavy atom. The van der Waals surface area contributed by atoms with E-state index in [9.17, 15) is 0 Å². The highest BCUT2D eigenvalue weighted by Crippen LogP contribution is 2.19. The fourth-order valence-electron chi connectivity index (χ4n) is 2.56. The highest BCUT2D eigenvalue weighted by atomic mass is 16.5. The number of hydrogen-bond acceptors (Lipinski definition) is 3. The van der Waals surface area contributed by atoms with E-state index >= 15 is 0 Å². The third kappa shape index (κ3) is 6.32. The van der Waals surface area contributed by atoms with Crippen LogP contribution in [0.3, 0.4) is 0 Å². The van der Waals surface area contributed by atoms with Crippen molar-refractivity contribution in [1.82, 2.24) is 5.32 Å². The molecule has 0 spiro atoms. The van der Waals surface area contributed by atoms with Crippen LogP contribution in [0.5, 0.6) is 5.75 Å². The van der Waals surface area contributed by atoms with Gasteiger partial charge in [-0.1, -0.05) is 23.8 Å². The minimum absolute atomic E-state index is 0.600. The largest absolute Gasteiger partial charge is 0.491 e. The van der Waals surface area contributed by atoms with E-state index in [4.69, 9.17) is 9.47 Å². The van der Waals surface area contributed by atoms with Crippen LogP contribution in [-0.4, -0.2) is 26.9 Å². The van der Waals surface area contributed by atoms with Crippen LogP contribution in [-0.2, 0) is 11.3 Å². The molecular weight excluding hydrogens is 262 g/mol. The molecule has 1 aliphatic rings. The molecule has 0 unspecified atom stereocenters. The normalized spacial score (nSPS) is 14.8. The van der Waals surface area contributed by atoms with Crippen LogP contribution in [0.2, 0.25) is 0 Å². The lowest BCUT2D eigenvalue weighted by atomic mass is 9.97. The van der Waals surface area contributed by atoms with E-state index < -0.39 is 0 Å². The quantitative estimate of drug-likeness (QED) is 0.555. The smallest absolute Gasteiger partial charge is 0.119 e. The van der Waals surface area contributed by atoms with Gasteiger partial charge in [-0.3, -0.25) is 0 Å². The maximum absolute atomic E-state index is 5.55. The monoisotopic (exact) mass is 289 g/mol. The first-order valence-electron chi connectivity index (χ1n) is 7.98. The molecule has 3 heteroatoms. The minimum Gasteiger partial charge on any atom is -0.491 e. The Bertz CT molecular complexity index is 425. The molecule has 116 valence electrons. The molecule has 0 heterocycles. The Labute approximate surface area is 128 Å². The second kappa shape index (κ2) is 9.59. The van der Waals surface area contributed by atoms with E-state index in [-0.39, 0.29) is 0 Å². The number of methoxy groups -OCH3 is 1. The SMILES string of the molecule is COCCOc1ccc(CNCCC2=CCCCC2)cc1. The van der Waals surface area contributed by atoms with Crippen molar-refractivity contribution < 1.29 is 9.47 Å². The molecule has 1 aromatic rings. The maximum atomic E-state index is 5.55. The fraction of sp³-hybridized carbons (Fsp3) is 0.556. The molecule has 21 heavy (non-hydrogen) atoms. The topological polar surface area (TPSA) is 30.5 Å². The summed E-state index contributed by atoms with van der Waals surface area (Å²) in [4.78, 5) is 0. The van der Waals surface area contributed by atoms with Gasteiger partial charge in [-0.05, 0) is 56.3 Å². The lowest BCUT2D eigenvalue weighted by molar-refractivity contribution is 0.146. The summed E-state index contributed by atoms with van der Waals surface area (Å²) in [6, 6.07) is 8.29. The molecule has 0 atom stereocenters. The number of benzene rings is 1. The molecule has 0 saturated heterocycles. The van der Waals surface area contributed by atoms with Gasteiger partial charge in [0.15, 0.2) is 0 Å². The number of allylic oxidation sites excluding steroid dienone is 1. The van der Waals surface area contributed by atoms with Gasteiger partial charge in [0.2, 0.25) is 0 Å². The van der Waals surface area contributed by atoms with Crippen molar-refractivity contribution in [2.24, 2.45) is 0 Å². The molecule has 1 aromatic carbocycles. The van der Waals surface area contributed by atoms with Crippen LogP contribution in [0.15, 0.2) is 35.9 Å². The first-order valence-corrected chi connectivity index (χ1v) is 7.98. The lowest BCUT2D eigenvalue weighted by Crippen LogP contribution is -2.15. The van der Waals surface area contributed by atoms with E-state index in [0.717, 1.165) is 18.8 Å². The summed E-state index contributed by atoms with van der Waals surface area (Å²) in [5.41, 5.74) is 2.93. The van der Waals surface area contributed by atoms with Gasteiger partial charge in [-0.15, -0.1) is 0 Å². The van der Waals surface area contributed by atoms with E-state index in [2.05, 4.69) is 23.5 Å². The molecule has 3 nitrogen and oxygen atoms in total. The second-order valence-corrected chi connectivity index (χ2v) is 5.52. The van der Waals surface area contributed by atoms with Crippen LogP contribution in [0, 0.1) is 0 Å². The zero-order chi connectivity index (χ0) is 14.8. The summed E-state index contributed by atoms with van der Waals surface area (Å²) in [7, 11) is 1.68. The van der Waals surface area contributed by atoms with E-state index in [1.165, 1.54) is 37.7 Å². The standard InChI is InChI=1S/C18H27NO2/c1-20-13-14-21-18-9-7-17(8-10-18)15-19-12-11-16-5-3-2-4-6-16/h5,7-10,19H,2-4,6,11-15H2,1H3. The first kappa shape index (κ1) is 16.1. The van der Waals surface area contributed by atoms with E-state index in [1.807, 2.05) is 12.1 Å². The van der Waals surface area contributed by atoms with Crippen molar-refractivity contribution in [3.05, 3.63) is 41.5 Å². The summed E-state index contributed by atoms with van der Waals surface area (Å²) in [6.07, 6.45) is 8.94. The maximum Gasteiger partial charge on any atom is 0.119 e. The molecule has 0 radical (unpaired) electrons. The van der Waals surface area contributed by atoms with Gasteiger partial charge in [0.25, 0.3) is 0 Å². The van der Waals surface area contributed by atoms with Crippen molar-refractivity contribution in [1.29, 1.82) is 0 Å². The second-order valence-electron chi connectivity index (χ2n) is 5.52. The third-order valence-electron chi connectivity index (χ3n) is 3.82. The summed E-state index contributed by atoms with van der Waals surface area (Å²) in [5.74, 6) is 0.906. The summed E-state index contributed by atoms with van der Waals surface area (Å²) in [5, 5.41) is 3.52. The molecule has 1 aliphatic carbocycles. The van der Waals surface area contributed by atoms with Crippen LogP contribution in [0.4, 0.5) is 0 Å². The van der Waals surface area contributed by atoms with Crippen molar-refractivity contribution in [2.75, 3.05) is 26.9 Å². The number of hydrogen-bond donors (Lipinski definition) is 1. The van der Waals surface area contributed by atoms with Gasteiger partial charge < -0.3 is 14.8 Å². The Hall–Kier alpha value is -1.32. The Morgan fingerprint density at radius 2 is 1.95 bits per heavy atom. The molecule has 2 rings (SSSR count). The summed E-state index contributed by atoms with van der Waals surface area (Å²) in [6.45, 7) is 3.21. The minimum atomic E-state index is 0.600. The predicted octanol–water partition coefficient (Wildman–Crippen LogP) is 3.69. The molecule has 0 aliphatic heterocycles. The predicted molar refractivity (Wildman–Crippen MR) is 86.7 cm³/mol. The van der Waals surface area contributed by atoms with Gasteiger partial charge in [0.05, 0.1) is 6.61 Å². The average Bonchev–Trinajstić information content (AvgIpc) is 2.54. The third-order valence-corrected chi connectivity index (χ3v) is 3.82. The molecular formula is C18H27NO2. The Kier molecular flexibility index (Phi) is 7.33. The van der Waals surface area contributed by atoms with Gasteiger partial charge >= 0.3 is 0 Å². The highest BCUT2D eigenvalue weighted by molar-refractivity contribution is 5.27. The summed E-state index contributed by atoms with van der Waals surface area (Å²) < 4.78 is 10.5. The molecule has 0 bridgehead atoms. The lowest BCUT2D eigenvalue weighted by Gasteiger charge is -2.13. The molecule has 0 saturated carbocycles. The zero-order valence-corrected chi connectivity index (χ0v) is 13.1. The van der Waals surface area contributed by atoms with Crippen molar-refractivity contribution >= 4 is 0 Å². The highest BCUT2D eigenvalue weighted by Gasteiger charge is 2.03. The van der Waals surface area contributed by atoms with Gasteiger partial charge in [-0.2, -0.15) is 0 Å². The van der Waals surface area contributed by atoms with Gasteiger partial charge in [-0.25, -0.2) is 0 Å². The van der Waals surface area contributed by atoms with Gasteiger partial charge in [0, 0.05) is 13.7 Å². The first-order chi connectivity index (χ1) is 10.4. The number of ether oxygens (including phenoxy) is 2. The van der Waals surface area contributed by atoms with Crippen LogP contribution >= 0.6 is 0 Å². The van der Waals surface area contributed by atoms with Crippen LogP contribution in [0.25, 0.3) is 0 Å². The van der Waals surface area contributed by atoms with Gasteiger partial charge in [0.1, 0.15) is 12.4 Å². The number of rotatable bonds is 9. The Morgan fingerprint density at radius 1 is 1.10 bits per heavy atom. The number of nitrogens with one attached hydrogen (secondary N) is 1. The molecule has 0 fully saturated rings. The van der Waals surface area contributed by atoms with Crippen LogP contribution < -0.4 is 10.1 Å². The van der Waals surface area contributed by atoms with Crippen molar-refractivity contribution in [2.45, 2.75) is 38.6 Å². The molecule has 1 N–H and O–H groups in total. The Balaban J connectivity index is 1.62.